The Hall–Kier alpha value is -4.04. The number of anilines is 1. The van der Waals surface area contributed by atoms with Crippen LogP contribution >= 0.6 is 11.6 Å². The van der Waals surface area contributed by atoms with Crippen LogP contribution < -0.4 is 10.6 Å². The molecule has 0 aromatic heterocycles. The van der Waals surface area contributed by atoms with Crippen molar-refractivity contribution in [3.8, 4) is 5.75 Å². The maximum atomic E-state index is 14.8. The van der Waals surface area contributed by atoms with Crippen LogP contribution in [0.4, 0.5) is 10.5 Å². The molecule has 0 saturated heterocycles. The number of hydrogen-bond acceptors (Lipinski definition) is 5. The molecule has 3 aromatic carbocycles. The van der Waals surface area contributed by atoms with Crippen molar-refractivity contribution in [3.05, 3.63) is 93.5 Å². The second-order valence-corrected chi connectivity index (χ2v) is 13.2. The number of hydrogen-bond donors (Lipinski definition) is 3. The van der Waals surface area contributed by atoms with E-state index < -0.39 is 35.6 Å². The van der Waals surface area contributed by atoms with E-state index in [0.717, 1.165) is 41.5 Å². The zero-order valence-electron chi connectivity index (χ0n) is 28.1. The molecule has 0 fully saturated rings. The number of nitrogens with one attached hydrogen (secondary N) is 2. The van der Waals surface area contributed by atoms with Crippen LogP contribution in [0.2, 0.25) is 5.02 Å². The molecule has 0 aliphatic carbocycles. The Morgan fingerprint density at radius 2 is 1.50 bits per heavy atom. The first kappa shape index (κ1) is 36.4. The molecule has 0 radical (unpaired) electrons. The number of phenols is 1. The first-order valence-electron chi connectivity index (χ1n) is 15.9. The first-order valence-corrected chi connectivity index (χ1v) is 16.3. The largest absolute Gasteiger partial charge is 0.508 e. The van der Waals surface area contributed by atoms with Crippen LogP contribution in [-0.4, -0.2) is 46.1 Å². The van der Waals surface area contributed by atoms with Crippen molar-refractivity contribution in [2.75, 3.05) is 11.9 Å². The third-order valence-corrected chi connectivity index (χ3v) is 8.06. The fourth-order valence-electron chi connectivity index (χ4n) is 5.46. The van der Waals surface area contributed by atoms with Gasteiger partial charge in [-0.2, -0.15) is 0 Å². The van der Waals surface area contributed by atoms with Gasteiger partial charge >= 0.3 is 6.09 Å². The molecule has 3 amide bonds. The van der Waals surface area contributed by atoms with Crippen molar-refractivity contribution in [2.45, 2.75) is 98.3 Å². The fourth-order valence-corrected chi connectivity index (χ4v) is 5.73. The number of amides is 3. The van der Waals surface area contributed by atoms with Gasteiger partial charge < -0.3 is 25.4 Å². The van der Waals surface area contributed by atoms with Gasteiger partial charge in [0.15, 0.2) is 0 Å². The number of rotatable bonds is 13. The number of aromatic hydroxyl groups is 1. The van der Waals surface area contributed by atoms with Crippen LogP contribution in [0.25, 0.3) is 0 Å². The minimum absolute atomic E-state index is 0.0888. The summed E-state index contributed by atoms with van der Waals surface area (Å²) < 4.78 is 5.55. The van der Waals surface area contributed by atoms with E-state index in [4.69, 9.17) is 16.3 Å². The summed E-state index contributed by atoms with van der Waals surface area (Å²) in [5.74, 6) is -0.738. The van der Waals surface area contributed by atoms with Crippen molar-refractivity contribution in [3.63, 3.8) is 0 Å². The van der Waals surface area contributed by atoms with Crippen LogP contribution in [0.1, 0.15) is 87.2 Å². The Kier molecular flexibility index (Phi) is 13.1. The standard InChI is InChI=1S/C37H48ClN3O5/c1-8-9-10-11-22-41(35(44)30(39-36(45)46-37(5,6)7)23-27-18-20-28(42)21-19-27)33(31-24(2)14-12-15-25(31)3)34(43)40-32-26(4)16-13-17-29(32)38/h12-21,30,33,42H,8-11,22-23H2,1-7H3,(H,39,45)(H,40,43). The Balaban J connectivity index is 2.15. The first-order chi connectivity index (χ1) is 21.7. The SMILES string of the molecule is CCCCCCN(C(=O)C(Cc1ccc(O)cc1)NC(=O)OC(C)(C)C)C(C(=O)Nc1c(C)cccc1Cl)c1c(C)cccc1C. The van der Waals surface area contributed by atoms with E-state index in [2.05, 4.69) is 17.6 Å². The number of carbonyl (C=O) groups excluding carboxylic acids is 3. The van der Waals surface area contributed by atoms with Gasteiger partial charge in [-0.05, 0) is 94.0 Å². The van der Waals surface area contributed by atoms with Crippen LogP contribution in [0.15, 0.2) is 60.7 Å². The second-order valence-electron chi connectivity index (χ2n) is 12.8. The van der Waals surface area contributed by atoms with E-state index in [0.29, 0.717) is 22.7 Å². The Morgan fingerprint density at radius 3 is 2.09 bits per heavy atom. The topological polar surface area (TPSA) is 108 Å². The van der Waals surface area contributed by atoms with Crippen LogP contribution in [0, 0.1) is 20.8 Å². The number of phenolic OH excluding ortho intramolecular Hbond substituents is 1. The van der Waals surface area contributed by atoms with E-state index in [1.165, 1.54) is 12.1 Å². The molecule has 2 atom stereocenters. The molecule has 9 heteroatoms. The molecule has 8 nitrogen and oxygen atoms in total. The molecule has 0 spiro atoms. The normalized spacial score (nSPS) is 12.6. The van der Waals surface area contributed by atoms with Crippen LogP contribution in [0.5, 0.6) is 5.75 Å². The summed E-state index contributed by atoms with van der Waals surface area (Å²) >= 11 is 6.53. The highest BCUT2D eigenvalue weighted by Crippen LogP contribution is 2.33. The summed E-state index contributed by atoms with van der Waals surface area (Å²) in [7, 11) is 0. The molecule has 0 saturated carbocycles. The number of ether oxygens (including phenoxy) is 1. The predicted octanol–water partition coefficient (Wildman–Crippen LogP) is 8.20. The minimum atomic E-state index is -1.06. The van der Waals surface area contributed by atoms with E-state index in [1.807, 2.05) is 51.1 Å². The lowest BCUT2D eigenvalue weighted by Crippen LogP contribution is -2.53. The smallest absolute Gasteiger partial charge is 0.408 e. The van der Waals surface area contributed by atoms with E-state index in [9.17, 15) is 19.5 Å². The van der Waals surface area contributed by atoms with Crippen molar-refractivity contribution in [1.82, 2.24) is 10.2 Å². The lowest BCUT2D eigenvalue weighted by molar-refractivity contribution is -0.141. The number of alkyl carbamates (subject to hydrolysis) is 1. The summed E-state index contributed by atoms with van der Waals surface area (Å²) in [5.41, 5.74) is 3.64. The monoisotopic (exact) mass is 649 g/mol. The Bertz CT molecular complexity index is 1460. The van der Waals surface area contributed by atoms with Gasteiger partial charge in [0.25, 0.3) is 5.91 Å². The predicted molar refractivity (Wildman–Crippen MR) is 184 cm³/mol. The number of halogens is 1. The van der Waals surface area contributed by atoms with Gasteiger partial charge in [-0.3, -0.25) is 9.59 Å². The lowest BCUT2D eigenvalue weighted by Gasteiger charge is -2.36. The summed E-state index contributed by atoms with van der Waals surface area (Å²) in [4.78, 5) is 44.0. The maximum Gasteiger partial charge on any atom is 0.408 e. The highest BCUT2D eigenvalue weighted by Gasteiger charge is 2.38. The molecule has 3 rings (SSSR count). The highest BCUT2D eigenvalue weighted by atomic mass is 35.5. The van der Waals surface area contributed by atoms with E-state index in [1.54, 1.807) is 43.9 Å². The van der Waals surface area contributed by atoms with Crippen LogP contribution in [0.3, 0.4) is 0 Å². The van der Waals surface area contributed by atoms with E-state index >= 15 is 0 Å². The summed E-state index contributed by atoms with van der Waals surface area (Å²) in [6.07, 6.45) is 2.90. The average Bonchev–Trinajstić information content (AvgIpc) is 2.97. The van der Waals surface area contributed by atoms with Gasteiger partial charge in [0, 0.05) is 13.0 Å². The molecular formula is C37H48ClN3O5. The van der Waals surface area contributed by atoms with Gasteiger partial charge in [0.1, 0.15) is 23.4 Å². The number of aryl methyl sites for hydroxylation is 3. The molecule has 2 unspecified atom stereocenters. The summed E-state index contributed by atoms with van der Waals surface area (Å²) in [6.45, 7) is 13.4. The molecule has 3 N–H and O–H groups in total. The summed E-state index contributed by atoms with van der Waals surface area (Å²) in [5, 5.41) is 16.1. The Morgan fingerprint density at radius 1 is 0.891 bits per heavy atom. The molecular weight excluding hydrogens is 602 g/mol. The Labute approximate surface area is 278 Å². The number of para-hydroxylation sites is 1. The maximum absolute atomic E-state index is 14.8. The lowest BCUT2D eigenvalue weighted by atomic mass is 9.92. The van der Waals surface area contributed by atoms with Gasteiger partial charge in [0.05, 0.1) is 10.7 Å². The molecule has 248 valence electrons. The van der Waals surface area contributed by atoms with Crippen molar-refractivity contribution >= 4 is 35.2 Å². The molecule has 46 heavy (non-hydrogen) atoms. The van der Waals surface area contributed by atoms with Gasteiger partial charge in [-0.25, -0.2) is 4.79 Å². The molecule has 0 heterocycles. The quantitative estimate of drug-likeness (QED) is 0.162. The van der Waals surface area contributed by atoms with Gasteiger partial charge in [-0.15, -0.1) is 0 Å². The number of unbranched alkanes of at least 4 members (excludes halogenated alkanes) is 3. The highest BCUT2D eigenvalue weighted by molar-refractivity contribution is 6.34. The van der Waals surface area contributed by atoms with Gasteiger partial charge in [0.2, 0.25) is 5.91 Å². The van der Waals surface area contributed by atoms with Gasteiger partial charge in [-0.1, -0.05) is 80.3 Å². The zero-order chi connectivity index (χ0) is 34.0. The number of carbonyl (C=O) groups is 3. The van der Waals surface area contributed by atoms with Crippen molar-refractivity contribution in [2.24, 2.45) is 0 Å². The van der Waals surface area contributed by atoms with Crippen molar-refractivity contribution < 1.29 is 24.2 Å². The number of nitrogens with zero attached hydrogens (tertiary/aromatic N) is 1. The third-order valence-electron chi connectivity index (χ3n) is 7.75. The molecule has 0 bridgehead atoms. The van der Waals surface area contributed by atoms with E-state index in [-0.39, 0.29) is 18.7 Å². The second kappa shape index (κ2) is 16.5. The molecule has 3 aromatic rings. The zero-order valence-corrected chi connectivity index (χ0v) is 28.8. The fraction of sp³-hybridized carbons (Fsp3) is 0.432. The third kappa shape index (κ3) is 10.2. The molecule has 0 aliphatic heterocycles. The average molecular weight is 650 g/mol. The minimum Gasteiger partial charge on any atom is -0.508 e. The van der Waals surface area contributed by atoms with Crippen molar-refractivity contribution in [1.29, 1.82) is 0 Å². The molecule has 0 aliphatic rings. The number of benzene rings is 3. The summed E-state index contributed by atoms with van der Waals surface area (Å²) in [6, 6.07) is 15.6. The van der Waals surface area contributed by atoms with Crippen LogP contribution in [-0.2, 0) is 20.7 Å².